The molecule has 2 rings (SSSR count). The molecule has 0 aromatic rings. The van der Waals surface area contributed by atoms with Crippen LogP contribution in [-0.4, -0.2) is 66.3 Å². The fraction of sp³-hybridized carbons (Fsp3) is 0.941. The van der Waals surface area contributed by atoms with Crippen LogP contribution in [0.25, 0.3) is 0 Å². The van der Waals surface area contributed by atoms with Crippen LogP contribution in [0.15, 0.2) is 0 Å². The molecule has 0 spiro atoms. The van der Waals surface area contributed by atoms with Crippen LogP contribution in [0.2, 0.25) is 0 Å². The third-order valence-electron chi connectivity index (χ3n) is 4.57. The van der Waals surface area contributed by atoms with Crippen molar-refractivity contribution >= 4 is 6.09 Å². The molecule has 0 aliphatic carbocycles. The van der Waals surface area contributed by atoms with Gasteiger partial charge in [0.25, 0.3) is 0 Å². The maximum Gasteiger partial charge on any atom is 0.410 e. The first-order valence-electron chi connectivity index (χ1n) is 8.61. The molecule has 1 N–H and O–H groups in total. The first kappa shape index (κ1) is 17.5. The van der Waals surface area contributed by atoms with Gasteiger partial charge in [-0.3, -0.25) is 4.90 Å². The molecule has 2 saturated heterocycles. The van der Waals surface area contributed by atoms with Gasteiger partial charge in [-0.15, -0.1) is 0 Å². The molecule has 128 valence electrons. The van der Waals surface area contributed by atoms with Gasteiger partial charge in [-0.05, 0) is 66.5 Å². The fourth-order valence-corrected chi connectivity index (χ4v) is 3.50. The molecule has 0 radical (unpaired) electrons. The number of hydrogen-bond donors (Lipinski definition) is 1. The smallest absolute Gasteiger partial charge is 0.410 e. The molecule has 0 aromatic heterocycles. The molecule has 0 unspecified atom stereocenters. The van der Waals surface area contributed by atoms with Crippen molar-refractivity contribution in [1.29, 1.82) is 0 Å². The molecule has 2 aliphatic heterocycles. The van der Waals surface area contributed by atoms with Gasteiger partial charge < -0.3 is 15.0 Å². The highest BCUT2D eigenvalue weighted by molar-refractivity contribution is 5.69. The minimum absolute atomic E-state index is 0.173. The number of carbonyl (C=O) groups excluding carboxylic acids is 1. The Morgan fingerprint density at radius 3 is 2.41 bits per heavy atom. The fourth-order valence-electron chi connectivity index (χ4n) is 3.50. The highest BCUT2D eigenvalue weighted by atomic mass is 16.6. The number of nitrogens with zero attached hydrogens (tertiary/aromatic N) is 2. The van der Waals surface area contributed by atoms with Crippen molar-refractivity contribution in [3.05, 3.63) is 0 Å². The van der Waals surface area contributed by atoms with Crippen LogP contribution in [0.5, 0.6) is 0 Å². The summed E-state index contributed by atoms with van der Waals surface area (Å²) in [4.78, 5) is 16.8. The molecule has 0 saturated carbocycles. The van der Waals surface area contributed by atoms with Crippen molar-refractivity contribution in [3.8, 4) is 0 Å². The summed E-state index contributed by atoms with van der Waals surface area (Å²) in [6, 6.07) is 0. The lowest BCUT2D eigenvalue weighted by molar-refractivity contribution is -0.0259. The summed E-state index contributed by atoms with van der Waals surface area (Å²) in [6.07, 6.45) is 2.36. The first-order chi connectivity index (χ1) is 10.2. The summed E-state index contributed by atoms with van der Waals surface area (Å²) in [5, 5.41) is 3.42. The SMILES string of the molecule is CC(C)(C)OC(=O)N1CCN(CC2CCNCC2)CC1(C)C. The van der Waals surface area contributed by atoms with Crippen LogP contribution < -0.4 is 5.32 Å². The van der Waals surface area contributed by atoms with E-state index in [-0.39, 0.29) is 11.6 Å². The molecule has 22 heavy (non-hydrogen) atoms. The van der Waals surface area contributed by atoms with Gasteiger partial charge in [0.05, 0.1) is 5.54 Å². The van der Waals surface area contributed by atoms with Crippen LogP contribution in [-0.2, 0) is 4.74 Å². The predicted molar refractivity (Wildman–Crippen MR) is 89.1 cm³/mol. The first-order valence-corrected chi connectivity index (χ1v) is 8.61. The Labute approximate surface area is 135 Å². The average Bonchev–Trinajstić information content (AvgIpc) is 2.36. The Kier molecular flexibility index (Phi) is 5.38. The summed E-state index contributed by atoms with van der Waals surface area (Å²) in [5.74, 6) is 0.796. The van der Waals surface area contributed by atoms with E-state index < -0.39 is 5.60 Å². The van der Waals surface area contributed by atoms with Crippen LogP contribution in [0.1, 0.15) is 47.5 Å². The lowest BCUT2D eigenvalue weighted by Gasteiger charge is -2.47. The highest BCUT2D eigenvalue weighted by Gasteiger charge is 2.39. The van der Waals surface area contributed by atoms with E-state index in [1.807, 2.05) is 25.7 Å². The normalized spacial score (nSPS) is 24.3. The van der Waals surface area contributed by atoms with Crippen molar-refractivity contribution in [2.24, 2.45) is 5.92 Å². The lowest BCUT2D eigenvalue weighted by Crippen LogP contribution is -2.62. The van der Waals surface area contributed by atoms with Gasteiger partial charge >= 0.3 is 6.09 Å². The highest BCUT2D eigenvalue weighted by Crippen LogP contribution is 2.25. The largest absolute Gasteiger partial charge is 0.444 e. The summed E-state index contributed by atoms with van der Waals surface area (Å²) in [7, 11) is 0. The van der Waals surface area contributed by atoms with Crippen LogP contribution in [0.4, 0.5) is 4.79 Å². The van der Waals surface area contributed by atoms with Crippen molar-refractivity contribution in [3.63, 3.8) is 0 Å². The van der Waals surface area contributed by atoms with Crippen LogP contribution >= 0.6 is 0 Å². The van der Waals surface area contributed by atoms with Gasteiger partial charge in [-0.25, -0.2) is 4.79 Å². The maximum absolute atomic E-state index is 12.4. The zero-order chi connectivity index (χ0) is 16.4. The maximum atomic E-state index is 12.4. The van der Waals surface area contributed by atoms with Crippen molar-refractivity contribution < 1.29 is 9.53 Å². The van der Waals surface area contributed by atoms with Gasteiger partial charge in [0.15, 0.2) is 0 Å². The molecule has 1 amide bonds. The molecule has 2 fully saturated rings. The number of carbonyl (C=O) groups is 1. The van der Waals surface area contributed by atoms with Gasteiger partial charge in [0, 0.05) is 26.2 Å². The standard InChI is InChI=1S/C17H33N3O2/c1-16(2,3)22-15(21)20-11-10-19(13-17(20,4)5)12-14-6-8-18-9-7-14/h14,18H,6-13H2,1-5H3. The average molecular weight is 311 g/mol. The second-order valence-corrected chi connectivity index (χ2v) is 8.37. The van der Waals surface area contributed by atoms with Crippen molar-refractivity contribution in [2.45, 2.75) is 58.6 Å². The van der Waals surface area contributed by atoms with Gasteiger partial charge in [-0.1, -0.05) is 0 Å². The zero-order valence-electron chi connectivity index (χ0n) is 14.9. The Hall–Kier alpha value is -0.810. The topological polar surface area (TPSA) is 44.8 Å². The van der Waals surface area contributed by atoms with E-state index >= 15 is 0 Å². The molecule has 0 atom stereocenters. The second kappa shape index (κ2) is 6.75. The van der Waals surface area contributed by atoms with Gasteiger partial charge in [-0.2, -0.15) is 0 Å². The molecule has 5 heteroatoms. The quantitative estimate of drug-likeness (QED) is 0.850. The number of piperazine rings is 1. The van der Waals surface area contributed by atoms with Gasteiger partial charge in [0.1, 0.15) is 5.60 Å². The second-order valence-electron chi connectivity index (χ2n) is 8.37. The zero-order valence-corrected chi connectivity index (χ0v) is 14.9. The van der Waals surface area contributed by atoms with E-state index in [1.54, 1.807) is 0 Å². The molecule has 0 bridgehead atoms. The third-order valence-corrected chi connectivity index (χ3v) is 4.57. The minimum Gasteiger partial charge on any atom is -0.444 e. The third kappa shape index (κ3) is 4.85. The number of nitrogens with one attached hydrogen (secondary N) is 1. The summed E-state index contributed by atoms with van der Waals surface area (Å²) in [6.45, 7) is 16.1. The summed E-state index contributed by atoms with van der Waals surface area (Å²) < 4.78 is 5.56. The lowest BCUT2D eigenvalue weighted by atomic mass is 9.94. The molecular weight excluding hydrogens is 278 g/mol. The number of rotatable bonds is 2. The predicted octanol–water partition coefficient (Wildman–Crippen LogP) is 2.32. The Bertz CT molecular complexity index is 384. The van der Waals surface area contributed by atoms with Crippen molar-refractivity contribution in [2.75, 3.05) is 39.3 Å². The van der Waals surface area contributed by atoms with E-state index in [4.69, 9.17) is 4.74 Å². The van der Waals surface area contributed by atoms with Crippen molar-refractivity contribution in [1.82, 2.24) is 15.1 Å². The number of amides is 1. The molecule has 2 aliphatic rings. The van der Waals surface area contributed by atoms with Crippen LogP contribution in [0.3, 0.4) is 0 Å². The number of piperidine rings is 1. The Morgan fingerprint density at radius 1 is 1.23 bits per heavy atom. The van der Waals surface area contributed by atoms with Gasteiger partial charge in [0.2, 0.25) is 0 Å². The molecular formula is C17H33N3O2. The summed E-state index contributed by atoms with van der Waals surface area (Å²) >= 11 is 0. The Balaban J connectivity index is 1.89. The van der Waals surface area contributed by atoms with E-state index in [0.29, 0.717) is 0 Å². The van der Waals surface area contributed by atoms with Crippen LogP contribution in [0, 0.1) is 5.92 Å². The number of hydrogen-bond acceptors (Lipinski definition) is 4. The summed E-state index contributed by atoms with van der Waals surface area (Å²) in [5.41, 5.74) is -0.604. The molecule has 0 aromatic carbocycles. The van der Waals surface area contributed by atoms with E-state index in [9.17, 15) is 4.79 Å². The minimum atomic E-state index is -0.431. The Morgan fingerprint density at radius 2 is 1.86 bits per heavy atom. The monoisotopic (exact) mass is 311 g/mol. The van der Waals surface area contributed by atoms with E-state index in [0.717, 1.165) is 45.2 Å². The molecule has 5 nitrogen and oxygen atoms in total. The number of ether oxygens (including phenoxy) is 1. The van der Waals surface area contributed by atoms with E-state index in [2.05, 4.69) is 24.1 Å². The molecule has 2 heterocycles. The van der Waals surface area contributed by atoms with E-state index in [1.165, 1.54) is 12.8 Å².